The summed E-state index contributed by atoms with van der Waals surface area (Å²) in [6.07, 6.45) is 1.43. The average molecular weight is 433 g/mol. The normalized spacial score (nSPS) is 10.9. The van der Waals surface area contributed by atoms with E-state index < -0.39 is 11.5 Å². The van der Waals surface area contributed by atoms with E-state index in [4.69, 9.17) is 9.47 Å². The lowest BCUT2D eigenvalue weighted by Gasteiger charge is -2.11. The van der Waals surface area contributed by atoms with Crippen molar-refractivity contribution in [1.29, 1.82) is 0 Å². The van der Waals surface area contributed by atoms with E-state index in [0.29, 0.717) is 28.4 Å². The third-order valence-electron chi connectivity index (χ3n) is 5.12. The van der Waals surface area contributed by atoms with Gasteiger partial charge in [-0.25, -0.2) is 9.20 Å². The van der Waals surface area contributed by atoms with Crippen molar-refractivity contribution < 1.29 is 14.3 Å². The van der Waals surface area contributed by atoms with Crippen molar-refractivity contribution in [3.8, 4) is 22.8 Å². The van der Waals surface area contributed by atoms with Gasteiger partial charge in [0.15, 0.2) is 11.5 Å². The van der Waals surface area contributed by atoms with Gasteiger partial charge in [-0.2, -0.15) is 10.2 Å². The molecule has 1 amide bonds. The molecule has 164 valence electrons. The van der Waals surface area contributed by atoms with Gasteiger partial charge < -0.3 is 14.8 Å². The zero-order valence-corrected chi connectivity index (χ0v) is 18.2. The molecule has 0 atom stereocenters. The van der Waals surface area contributed by atoms with Crippen LogP contribution in [0.4, 0.5) is 5.69 Å². The van der Waals surface area contributed by atoms with Crippen LogP contribution in [0.25, 0.3) is 16.8 Å². The number of nitrogens with one attached hydrogen (secondary N) is 1. The Morgan fingerprint density at radius 1 is 1.03 bits per heavy atom. The molecule has 2 heterocycles. The summed E-state index contributed by atoms with van der Waals surface area (Å²) >= 11 is 0. The van der Waals surface area contributed by atoms with Crippen LogP contribution in [0.15, 0.2) is 53.6 Å². The quantitative estimate of drug-likeness (QED) is 0.502. The van der Waals surface area contributed by atoms with E-state index in [1.54, 1.807) is 24.3 Å². The highest BCUT2D eigenvalue weighted by molar-refractivity contribution is 5.91. The van der Waals surface area contributed by atoms with Gasteiger partial charge in [0.05, 0.1) is 19.9 Å². The molecular weight excluding hydrogens is 410 g/mol. The number of rotatable bonds is 6. The number of fused-ring (bicyclic) bond motifs is 1. The summed E-state index contributed by atoms with van der Waals surface area (Å²) in [6.45, 7) is 3.76. The average Bonchev–Trinajstić information content (AvgIpc) is 3.22. The number of nitrogens with zero attached hydrogens (tertiary/aromatic N) is 4. The van der Waals surface area contributed by atoms with Gasteiger partial charge in [0.1, 0.15) is 18.4 Å². The van der Waals surface area contributed by atoms with E-state index in [-0.39, 0.29) is 6.54 Å². The fourth-order valence-electron chi connectivity index (χ4n) is 3.44. The molecule has 0 saturated heterocycles. The summed E-state index contributed by atoms with van der Waals surface area (Å²) in [5, 5.41) is 11.3. The molecule has 0 fully saturated rings. The summed E-state index contributed by atoms with van der Waals surface area (Å²) < 4.78 is 13.0. The number of hydrogen-bond donors (Lipinski definition) is 1. The zero-order chi connectivity index (χ0) is 22.8. The van der Waals surface area contributed by atoms with Gasteiger partial charge in [0, 0.05) is 17.3 Å². The van der Waals surface area contributed by atoms with E-state index in [2.05, 4.69) is 15.5 Å². The summed E-state index contributed by atoms with van der Waals surface area (Å²) in [5.41, 5.74) is 4.24. The van der Waals surface area contributed by atoms with Crippen molar-refractivity contribution in [2.45, 2.75) is 20.4 Å². The lowest BCUT2D eigenvalue weighted by molar-refractivity contribution is -0.117. The Hall–Kier alpha value is -4.14. The summed E-state index contributed by atoms with van der Waals surface area (Å²) in [6, 6.07) is 12.8. The maximum Gasteiger partial charge on any atom is 0.293 e. The molecule has 0 aliphatic rings. The second kappa shape index (κ2) is 8.54. The minimum absolute atomic E-state index is 0.242. The standard InChI is InChI=1S/C23H23N5O4/c1-14-5-6-15(2)17(9-14)18-11-19-23(30)27(24-13-28(19)26-18)12-22(29)25-16-7-8-20(31-3)21(10-16)32-4/h5-11,13H,12H2,1-4H3,(H,25,29). The number of carbonyl (C=O) groups is 1. The van der Waals surface area contributed by atoms with Gasteiger partial charge in [-0.15, -0.1) is 0 Å². The number of amides is 1. The van der Waals surface area contributed by atoms with Crippen LogP contribution in [-0.2, 0) is 11.3 Å². The SMILES string of the molecule is COc1ccc(NC(=O)Cn2ncn3nc(-c4cc(C)ccc4C)cc3c2=O)cc1OC. The Morgan fingerprint density at radius 2 is 1.81 bits per heavy atom. The molecule has 4 aromatic rings. The third kappa shape index (κ3) is 4.04. The first-order valence-electron chi connectivity index (χ1n) is 9.94. The van der Waals surface area contributed by atoms with E-state index in [9.17, 15) is 9.59 Å². The van der Waals surface area contributed by atoms with Gasteiger partial charge in [-0.05, 0) is 43.7 Å². The molecule has 4 rings (SSSR count). The minimum Gasteiger partial charge on any atom is -0.493 e. The van der Waals surface area contributed by atoms with Crippen molar-refractivity contribution in [1.82, 2.24) is 19.4 Å². The van der Waals surface area contributed by atoms with Gasteiger partial charge in [-0.3, -0.25) is 9.59 Å². The van der Waals surface area contributed by atoms with Gasteiger partial charge >= 0.3 is 0 Å². The molecule has 0 unspecified atom stereocenters. The van der Waals surface area contributed by atoms with Crippen molar-refractivity contribution in [2.75, 3.05) is 19.5 Å². The minimum atomic E-state index is -0.404. The van der Waals surface area contributed by atoms with Crippen molar-refractivity contribution in [3.05, 3.63) is 70.3 Å². The van der Waals surface area contributed by atoms with Crippen LogP contribution in [0.1, 0.15) is 11.1 Å². The molecular formula is C23H23N5O4. The van der Waals surface area contributed by atoms with Crippen molar-refractivity contribution in [2.24, 2.45) is 0 Å². The Bertz CT molecular complexity index is 1370. The van der Waals surface area contributed by atoms with Crippen LogP contribution in [0.3, 0.4) is 0 Å². The number of anilines is 1. The molecule has 9 heteroatoms. The predicted octanol–water partition coefficient (Wildman–Crippen LogP) is 2.83. The predicted molar refractivity (Wildman–Crippen MR) is 120 cm³/mol. The van der Waals surface area contributed by atoms with Crippen LogP contribution in [0, 0.1) is 13.8 Å². The first-order chi connectivity index (χ1) is 15.4. The van der Waals surface area contributed by atoms with E-state index in [1.807, 2.05) is 32.0 Å². The van der Waals surface area contributed by atoms with Crippen molar-refractivity contribution >= 4 is 17.1 Å². The van der Waals surface area contributed by atoms with Crippen LogP contribution >= 0.6 is 0 Å². The number of ether oxygens (including phenoxy) is 2. The highest BCUT2D eigenvalue weighted by Crippen LogP contribution is 2.29. The first kappa shape index (κ1) is 21.1. The number of aromatic nitrogens is 4. The lowest BCUT2D eigenvalue weighted by Crippen LogP contribution is -2.30. The molecule has 1 N–H and O–H groups in total. The highest BCUT2D eigenvalue weighted by atomic mass is 16.5. The number of carbonyl (C=O) groups excluding carboxylic acids is 1. The van der Waals surface area contributed by atoms with Crippen molar-refractivity contribution in [3.63, 3.8) is 0 Å². The summed E-state index contributed by atoms with van der Waals surface area (Å²) in [7, 11) is 3.05. The maximum absolute atomic E-state index is 12.9. The highest BCUT2D eigenvalue weighted by Gasteiger charge is 2.14. The maximum atomic E-state index is 12.9. The van der Waals surface area contributed by atoms with Crippen LogP contribution in [-0.4, -0.2) is 39.5 Å². The van der Waals surface area contributed by atoms with Crippen LogP contribution < -0.4 is 20.3 Å². The Balaban J connectivity index is 1.59. The fourth-order valence-corrected chi connectivity index (χ4v) is 3.44. The molecule has 32 heavy (non-hydrogen) atoms. The zero-order valence-electron chi connectivity index (χ0n) is 18.2. The van der Waals surface area contributed by atoms with Crippen LogP contribution in [0.2, 0.25) is 0 Å². The molecule has 0 saturated carbocycles. The Labute approximate surface area is 184 Å². The topological polar surface area (TPSA) is 99.8 Å². The molecule has 2 aromatic heterocycles. The molecule has 0 aliphatic heterocycles. The van der Waals surface area contributed by atoms with Crippen LogP contribution in [0.5, 0.6) is 11.5 Å². The largest absolute Gasteiger partial charge is 0.493 e. The fraction of sp³-hybridized carbons (Fsp3) is 0.217. The van der Waals surface area contributed by atoms with Gasteiger partial charge in [0.2, 0.25) is 5.91 Å². The number of hydrogen-bond acceptors (Lipinski definition) is 6. The first-order valence-corrected chi connectivity index (χ1v) is 9.94. The van der Waals surface area contributed by atoms with E-state index >= 15 is 0 Å². The monoisotopic (exact) mass is 433 g/mol. The third-order valence-corrected chi connectivity index (χ3v) is 5.12. The van der Waals surface area contributed by atoms with Gasteiger partial charge in [-0.1, -0.05) is 17.7 Å². The lowest BCUT2D eigenvalue weighted by atomic mass is 10.0. The Kier molecular flexibility index (Phi) is 5.63. The van der Waals surface area contributed by atoms with E-state index in [0.717, 1.165) is 21.4 Å². The molecule has 0 bridgehead atoms. The number of benzene rings is 2. The second-order valence-electron chi connectivity index (χ2n) is 7.39. The van der Waals surface area contributed by atoms with Gasteiger partial charge in [0.25, 0.3) is 5.56 Å². The summed E-state index contributed by atoms with van der Waals surface area (Å²) in [5.74, 6) is 0.639. The summed E-state index contributed by atoms with van der Waals surface area (Å²) in [4.78, 5) is 25.4. The molecule has 0 radical (unpaired) electrons. The smallest absolute Gasteiger partial charge is 0.293 e. The Morgan fingerprint density at radius 3 is 2.56 bits per heavy atom. The molecule has 2 aromatic carbocycles. The number of aryl methyl sites for hydroxylation is 2. The molecule has 0 aliphatic carbocycles. The molecule has 9 nitrogen and oxygen atoms in total. The number of methoxy groups -OCH3 is 2. The molecule has 0 spiro atoms. The van der Waals surface area contributed by atoms with E-state index in [1.165, 1.54) is 25.1 Å². The second-order valence-corrected chi connectivity index (χ2v) is 7.39.